The second kappa shape index (κ2) is 9.54. The maximum atomic E-state index is 13.4. The van der Waals surface area contributed by atoms with Gasteiger partial charge in [-0.2, -0.15) is 5.10 Å². The summed E-state index contributed by atoms with van der Waals surface area (Å²) in [5.74, 6) is -0.961. The quantitative estimate of drug-likeness (QED) is 0.546. The number of carbonyl (C=O) groups is 3. The molecular weight excluding hydrogens is 468 g/mol. The number of amides is 2. The number of aromatic amines is 1. The van der Waals surface area contributed by atoms with E-state index in [9.17, 15) is 14.4 Å². The highest BCUT2D eigenvalue weighted by atomic mass is 35.5. The Morgan fingerprint density at radius 2 is 2.00 bits per heavy atom. The molecule has 1 aromatic heterocycles. The third-order valence-electron chi connectivity index (χ3n) is 6.51. The first kappa shape index (κ1) is 23.1. The monoisotopic (exact) mass is 492 g/mol. The number of ether oxygens (including phenoxy) is 1. The largest absolute Gasteiger partial charge is 0.462 e. The van der Waals surface area contributed by atoms with Crippen LogP contribution in [-0.4, -0.2) is 52.6 Å². The molecule has 0 aliphatic carbocycles. The van der Waals surface area contributed by atoms with E-state index in [4.69, 9.17) is 16.3 Å². The average molecular weight is 493 g/mol. The Balaban J connectivity index is 1.29. The Kier molecular flexibility index (Phi) is 6.30. The van der Waals surface area contributed by atoms with E-state index < -0.39 is 11.9 Å². The Labute approximate surface area is 207 Å². The van der Waals surface area contributed by atoms with Crippen LogP contribution in [0.15, 0.2) is 48.5 Å². The van der Waals surface area contributed by atoms with E-state index in [0.29, 0.717) is 48.9 Å². The predicted molar refractivity (Wildman–Crippen MR) is 131 cm³/mol. The number of carbonyl (C=O) groups excluding carboxylic acids is 3. The van der Waals surface area contributed by atoms with E-state index in [1.807, 2.05) is 29.2 Å². The van der Waals surface area contributed by atoms with Crippen molar-refractivity contribution in [3.63, 3.8) is 0 Å². The second-order valence-corrected chi connectivity index (χ2v) is 9.16. The summed E-state index contributed by atoms with van der Waals surface area (Å²) in [5.41, 5.74) is 4.80. The topological polar surface area (TPSA) is 95.6 Å². The fourth-order valence-electron chi connectivity index (χ4n) is 4.73. The van der Waals surface area contributed by atoms with Crippen molar-refractivity contribution >= 4 is 35.1 Å². The number of anilines is 1. The van der Waals surface area contributed by atoms with E-state index in [1.165, 1.54) is 0 Å². The lowest BCUT2D eigenvalue weighted by Gasteiger charge is -2.29. The molecule has 1 fully saturated rings. The maximum absolute atomic E-state index is 13.4. The minimum atomic E-state index is -0.421. The molecule has 0 saturated carbocycles. The van der Waals surface area contributed by atoms with Crippen molar-refractivity contribution in [2.75, 3.05) is 24.6 Å². The number of esters is 1. The van der Waals surface area contributed by atoms with Crippen LogP contribution in [0.4, 0.5) is 5.69 Å². The molecule has 35 heavy (non-hydrogen) atoms. The molecule has 1 unspecified atom stereocenters. The van der Waals surface area contributed by atoms with Gasteiger partial charge in [-0.05, 0) is 43.3 Å². The van der Waals surface area contributed by atoms with Crippen LogP contribution >= 0.6 is 11.6 Å². The van der Waals surface area contributed by atoms with Crippen LogP contribution < -0.4 is 4.90 Å². The van der Waals surface area contributed by atoms with Crippen LogP contribution in [0.1, 0.15) is 35.0 Å². The summed E-state index contributed by atoms with van der Waals surface area (Å²) in [4.78, 5) is 41.5. The molecular formula is C26H25ClN4O4. The van der Waals surface area contributed by atoms with Gasteiger partial charge in [0.1, 0.15) is 0 Å². The molecule has 2 aliphatic heterocycles. The summed E-state index contributed by atoms with van der Waals surface area (Å²) < 4.78 is 5.01. The summed E-state index contributed by atoms with van der Waals surface area (Å²) in [7, 11) is 0. The van der Waals surface area contributed by atoms with E-state index in [-0.39, 0.29) is 18.2 Å². The first-order valence-electron chi connectivity index (χ1n) is 11.6. The van der Waals surface area contributed by atoms with Crippen molar-refractivity contribution in [2.45, 2.75) is 26.3 Å². The number of rotatable bonds is 5. The lowest BCUT2D eigenvalue weighted by Crippen LogP contribution is -2.40. The molecule has 3 heterocycles. The number of H-pyrrole nitrogens is 1. The average Bonchev–Trinajstić information content (AvgIpc) is 3.47. The number of nitrogens with zero attached hydrogens (tertiary/aromatic N) is 3. The summed E-state index contributed by atoms with van der Waals surface area (Å²) in [5, 5.41) is 8.21. The third kappa shape index (κ3) is 4.53. The molecule has 0 radical (unpaired) electrons. The molecule has 2 aliphatic rings. The zero-order valence-corrected chi connectivity index (χ0v) is 20.0. The van der Waals surface area contributed by atoms with E-state index >= 15 is 0 Å². The lowest BCUT2D eigenvalue weighted by atomic mass is 9.99. The first-order chi connectivity index (χ1) is 16.9. The summed E-state index contributed by atoms with van der Waals surface area (Å²) >= 11 is 6.16. The Bertz CT molecular complexity index is 1290. The number of hydrogen-bond acceptors (Lipinski definition) is 5. The van der Waals surface area contributed by atoms with Crippen molar-refractivity contribution in [3.05, 3.63) is 70.4 Å². The van der Waals surface area contributed by atoms with Gasteiger partial charge in [0.2, 0.25) is 11.8 Å². The number of halogens is 1. The number of nitrogens with one attached hydrogen (secondary N) is 1. The van der Waals surface area contributed by atoms with Gasteiger partial charge in [0.05, 0.1) is 23.8 Å². The van der Waals surface area contributed by atoms with Crippen LogP contribution in [-0.2, 0) is 27.3 Å². The Hall–Kier alpha value is -3.65. The predicted octanol–water partition coefficient (Wildman–Crippen LogP) is 3.84. The molecule has 9 heteroatoms. The normalized spacial score (nSPS) is 17.4. The van der Waals surface area contributed by atoms with Gasteiger partial charge in [0.15, 0.2) is 0 Å². The molecule has 2 amide bonds. The number of fused-ring (bicyclic) bond motifs is 1. The molecule has 1 atom stereocenters. The van der Waals surface area contributed by atoms with Gasteiger partial charge in [-0.1, -0.05) is 23.7 Å². The summed E-state index contributed by atoms with van der Waals surface area (Å²) in [6, 6.07) is 14.2. The Morgan fingerprint density at radius 1 is 1.20 bits per heavy atom. The lowest BCUT2D eigenvalue weighted by molar-refractivity contribution is -0.136. The van der Waals surface area contributed by atoms with E-state index in [2.05, 4.69) is 10.2 Å². The van der Waals surface area contributed by atoms with Crippen molar-refractivity contribution in [1.29, 1.82) is 0 Å². The second-order valence-electron chi connectivity index (χ2n) is 8.72. The molecule has 3 aromatic rings. The van der Waals surface area contributed by atoms with Crippen molar-refractivity contribution < 1.29 is 19.1 Å². The molecule has 1 N–H and O–H groups in total. The first-order valence-corrected chi connectivity index (χ1v) is 12.0. The number of benzene rings is 2. The maximum Gasteiger partial charge on any atom is 0.338 e. The molecule has 0 bridgehead atoms. The highest BCUT2D eigenvalue weighted by Crippen LogP contribution is 2.32. The van der Waals surface area contributed by atoms with E-state index in [1.54, 1.807) is 36.1 Å². The zero-order chi connectivity index (χ0) is 24.5. The van der Waals surface area contributed by atoms with Crippen molar-refractivity contribution in [1.82, 2.24) is 15.1 Å². The SMILES string of the molecule is CCOC(=O)c1ccc(N2CC(C(=O)N3CCc4[nH]nc(-c5cccc(Cl)c5)c4C3)CC2=O)cc1. The Morgan fingerprint density at radius 3 is 2.74 bits per heavy atom. The highest BCUT2D eigenvalue weighted by molar-refractivity contribution is 6.30. The minimum Gasteiger partial charge on any atom is -0.462 e. The number of hydrogen-bond donors (Lipinski definition) is 1. The molecule has 8 nitrogen and oxygen atoms in total. The third-order valence-corrected chi connectivity index (χ3v) is 6.74. The van der Waals surface area contributed by atoms with Crippen LogP contribution in [0.5, 0.6) is 0 Å². The zero-order valence-electron chi connectivity index (χ0n) is 19.3. The smallest absolute Gasteiger partial charge is 0.338 e. The fraction of sp³-hybridized carbons (Fsp3) is 0.308. The molecule has 5 rings (SSSR count). The van der Waals surface area contributed by atoms with Crippen molar-refractivity contribution in [2.24, 2.45) is 5.92 Å². The molecule has 1 saturated heterocycles. The van der Waals surface area contributed by atoms with Crippen LogP contribution in [0, 0.1) is 5.92 Å². The van der Waals surface area contributed by atoms with Gasteiger partial charge in [0.25, 0.3) is 0 Å². The van der Waals surface area contributed by atoms with Crippen LogP contribution in [0.3, 0.4) is 0 Å². The van der Waals surface area contributed by atoms with Gasteiger partial charge in [-0.3, -0.25) is 14.7 Å². The van der Waals surface area contributed by atoms with Gasteiger partial charge in [-0.15, -0.1) is 0 Å². The van der Waals surface area contributed by atoms with E-state index in [0.717, 1.165) is 22.5 Å². The van der Waals surface area contributed by atoms with Crippen LogP contribution in [0.2, 0.25) is 5.02 Å². The molecule has 2 aromatic carbocycles. The number of aromatic nitrogens is 2. The van der Waals surface area contributed by atoms with Crippen molar-refractivity contribution in [3.8, 4) is 11.3 Å². The fourth-order valence-corrected chi connectivity index (χ4v) is 4.92. The van der Waals surface area contributed by atoms with Crippen LogP contribution in [0.25, 0.3) is 11.3 Å². The minimum absolute atomic E-state index is 0.0344. The summed E-state index contributed by atoms with van der Waals surface area (Å²) in [6.45, 7) is 3.37. The highest BCUT2D eigenvalue weighted by Gasteiger charge is 2.38. The van der Waals surface area contributed by atoms with Gasteiger partial charge in [0, 0.05) is 60.0 Å². The summed E-state index contributed by atoms with van der Waals surface area (Å²) in [6.07, 6.45) is 0.836. The van der Waals surface area contributed by atoms with Gasteiger partial charge in [-0.25, -0.2) is 4.79 Å². The molecule has 180 valence electrons. The van der Waals surface area contributed by atoms with Gasteiger partial charge < -0.3 is 14.5 Å². The van der Waals surface area contributed by atoms with Gasteiger partial charge >= 0.3 is 5.97 Å². The molecule has 0 spiro atoms. The standard InChI is InChI=1S/C26H25ClN4O4/c1-2-35-26(34)16-6-8-20(9-7-16)31-14-18(13-23(31)32)25(33)30-11-10-22-21(15-30)24(29-28-22)17-4-3-5-19(27)12-17/h3-9,12,18H,2,10-11,13-15H2,1H3,(H,28,29).